The van der Waals surface area contributed by atoms with Crippen molar-refractivity contribution >= 4 is 17.7 Å². The summed E-state index contributed by atoms with van der Waals surface area (Å²) < 4.78 is 51.6. The van der Waals surface area contributed by atoms with Gasteiger partial charge in [0.25, 0.3) is 0 Å². The van der Waals surface area contributed by atoms with Gasteiger partial charge in [0.1, 0.15) is 5.82 Å². The van der Waals surface area contributed by atoms with Gasteiger partial charge >= 0.3 is 5.51 Å². The maximum Gasteiger partial charge on any atom is 0.446 e. The van der Waals surface area contributed by atoms with Gasteiger partial charge in [-0.1, -0.05) is 12.1 Å². The van der Waals surface area contributed by atoms with Crippen LogP contribution in [0.1, 0.15) is 23.5 Å². The Morgan fingerprint density at radius 1 is 1.17 bits per heavy atom. The number of benzene rings is 2. The van der Waals surface area contributed by atoms with Crippen molar-refractivity contribution in [3.05, 3.63) is 59.4 Å². The lowest BCUT2D eigenvalue weighted by atomic mass is 9.88. The van der Waals surface area contributed by atoms with Crippen LogP contribution in [0.5, 0.6) is 0 Å². The largest absolute Gasteiger partial charge is 0.446 e. The second kappa shape index (κ2) is 8.60. The summed E-state index contributed by atoms with van der Waals surface area (Å²) in [4.78, 5) is 11.6. The van der Waals surface area contributed by atoms with Crippen LogP contribution in [0.15, 0.2) is 47.4 Å². The van der Waals surface area contributed by atoms with E-state index in [0.717, 1.165) is 0 Å². The van der Waals surface area contributed by atoms with Crippen molar-refractivity contribution in [2.45, 2.75) is 29.2 Å². The number of tetrazole rings is 1. The number of H-pyrrole nitrogens is 1. The molecule has 152 valence electrons. The molecular formula is C18H15F4N5OS. The minimum absolute atomic E-state index is 0.0536. The maximum absolute atomic E-state index is 14.2. The molecule has 3 aromatic rings. The molecule has 6 nitrogen and oxygen atoms in total. The number of nitrogens with one attached hydrogen (secondary N) is 1. The SMILES string of the molecule is NC(=O)CC(Cc1ccc(SC(F)(F)F)cc1)c1cc(F)cc(-c2nn[nH]n2)c1. The first-order valence-electron chi connectivity index (χ1n) is 8.37. The fourth-order valence-electron chi connectivity index (χ4n) is 2.92. The second-order valence-electron chi connectivity index (χ2n) is 6.27. The number of hydrogen-bond acceptors (Lipinski definition) is 5. The van der Waals surface area contributed by atoms with Gasteiger partial charge in [-0.3, -0.25) is 4.79 Å². The van der Waals surface area contributed by atoms with Crippen LogP contribution < -0.4 is 5.73 Å². The highest BCUT2D eigenvalue weighted by atomic mass is 32.2. The molecule has 1 heterocycles. The van der Waals surface area contributed by atoms with Gasteiger partial charge in [0.05, 0.1) is 0 Å². The molecule has 3 rings (SSSR count). The Kier molecular flexibility index (Phi) is 6.16. The summed E-state index contributed by atoms with van der Waals surface area (Å²) in [7, 11) is 0. The van der Waals surface area contributed by atoms with E-state index < -0.39 is 23.2 Å². The normalized spacial score (nSPS) is 12.7. The number of amides is 1. The average Bonchev–Trinajstić information content (AvgIpc) is 3.15. The van der Waals surface area contributed by atoms with Gasteiger partial charge in [0.15, 0.2) is 0 Å². The maximum atomic E-state index is 14.2. The van der Waals surface area contributed by atoms with Crippen LogP contribution in [0.2, 0.25) is 0 Å². The molecule has 1 aromatic heterocycles. The van der Waals surface area contributed by atoms with Gasteiger partial charge in [-0.2, -0.15) is 18.4 Å². The predicted molar refractivity (Wildman–Crippen MR) is 98.2 cm³/mol. The highest BCUT2D eigenvalue weighted by molar-refractivity contribution is 8.00. The number of nitrogens with two attached hydrogens (primary N) is 1. The number of thioether (sulfide) groups is 1. The van der Waals surface area contributed by atoms with Crippen molar-refractivity contribution in [3.63, 3.8) is 0 Å². The Balaban J connectivity index is 1.86. The molecule has 1 amide bonds. The Morgan fingerprint density at radius 3 is 2.48 bits per heavy atom. The monoisotopic (exact) mass is 425 g/mol. The minimum Gasteiger partial charge on any atom is -0.370 e. The first kappa shape index (κ1) is 20.8. The van der Waals surface area contributed by atoms with E-state index >= 15 is 0 Å². The number of aromatic amines is 1. The third-order valence-electron chi connectivity index (χ3n) is 4.08. The van der Waals surface area contributed by atoms with Crippen LogP contribution in [-0.4, -0.2) is 32.0 Å². The number of alkyl halides is 3. The third-order valence-corrected chi connectivity index (χ3v) is 4.82. The molecule has 1 atom stereocenters. The Hall–Kier alpha value is -2.95. The molecule has 0 aliphatic rings. The number of carbonyl (C=O) groups is 1. The zero-order chi connectivity index (χ0) is 21.0. The molecule has 0 radical (unpaired) electrons. The predicted octanol–water partition coefficient (Wildman–Crippen LogP) is 3.82. The smallest absolute Gasteiger partial charge is 0.370 e. The van der Waals surface area contributed by atoms with Crippen molar-refractivity contribution in [2.24, 2.45) is 5.73 Å². The van der Waals surface area contributed by atoms with Gasteiger partial charge in [0, 0.05) is 16.9 Å². The number of hydrogen-bond donors (Lipinski definition) is 2. The lowest BCUT2D eigenvalue weighted by Crippen LogP contribution is -2.17. The van der Waals surface area contributed by atoms with Crippen LogP contribution in [0.25, 0.3) is 11.4 Å². The first-order chi connectivity index (χ1) is 13.7. The summed E-state index contributed by atoms with van der Waals surface area (Å²) in [5.41, 5.74) is 2.54. The van der Waals surface area contributed by atoms with Crippen LogP contribution in [0, 0.1) is 5.82 Å². The van der Waals surface area contributed by atoms with E-state index in [1.54, 1.807) is 18.2 Å². The molecule has 1 unspecified atom stereocenters. The van der Waals surface area contributed by atoms with E-state index in [-0.39, 0.29) is 35.3 Å². The van der Waals surface area contributed by atoms with E-state index in [1.165, 1.54) is 24.3 Å². The fraction of sp³-hybridized carbons (Fsp3) is 0.222. The lowest BCUT2D eigenvalue weighted by molar-refractivity contribution is -0.118. The van der Waals surface area contributed by atoms with E-state index in [0.29, 0.717) is 16.7 Å². The van der Waals surface area contributed by atoms with Crippen LogP contribution >= 0.6 is 11.8 Å². The molecule has 0 bridgehead atoms. The van der Waals surface area contributed by atoms with Gasteiger partial charge in [0.2, 0.25) is 11.7 Å². The molecule has 0 aliphatic heterocycles. The highest BCUT2D eigenvalue weighted by Gasteiger charge is 2.29. The second-order valence-corrected chi connectivity index (χ2v) is 7.41. The standard InChI is InChI=1S/C18H15F4N5OS/c19-14-7-12(6-13(8-14)17-24-26-27-25-17)11(9-16(23)28)5-10-1-3-15(4-2-10)29-18(20,21)22/h1-4,6-8,11H,5,9H2,(H2,23,28)(H,24,25,26,27). The molecule has 0 fully saturated rings. The molecule has 0 aliphatic carbocycles. The average molecular weight is 425 g/mol. The molecule has 3 N–H and O–H groups in total. The zero-order valence-corrected chi connectivity index (χ0v) is 15.6. The summed E-state index contributed by atoms with van der Waals surface area (Å²) in [5, 5.41) is 13.3. The van der Waals surface area contributed by atoms with E-state index in [1.807, 2.05) is 0 Å². The molecule has 11 heteroatoms. The van der Waals surface area contributed by atoms with Gasteiger partial charge in [-0.15, -0.1) is 10.2 Å². The van der Waals surface area contributed by atoms with Gasteiger partial charge < -0.3 is 5.73 Å². The third kappa shape index (κ3) is 6.01. The minimum atomic E-state index is -4.37. The summed E-state index contributed by atoms with van der Waals surface area (Å²) in [6.45, 7) is 0. The van der Waals surface area contributed by atoms with Crippen molar-refractivity contribution in [1.82, 2.24) is 20.6 Å². The quantitative estimate of drug-likeness (QED) is 0.443. The van der Waals surface area contributed by atoms with Crippen molar-refractivity contribution in [3.8, 4) is 11.4 Å². The number of aromatic nitrogens is 4. The van der Waals surface area contributed by atoms with Crippen LogP contribution in [-0.2, 0) is 11.2 Å². The molecule has 2 aromatic carbocycles. The Labute approximate surface area is 166 Å². The molecule has 0 saturated heterocycles. The van der Waals surface area contributed by atoms with Crippen molar-refractivity contribution in [2.75, 3.05) is 0 Å². The molecule has 29 heavy (non-hydrogen) atoms. The fourth-order valence-corrected chi connectivity index (χ4v) is 3.46. The summed E-state index contributed by atoms with van der Waals surface area (Å²) in [5.74, 6) is -1.41. The van der Waals surface area contributed by atoms with E-state index in [4.69, 9.17) is 5.73 Å². The summed E-state index contributed by atoms with van der Waals surface area (Å²) in [6.07, 6.45) is 0.225. The zero-order valence-electron chi connectivity index (χ0n) is 14.8. The highest BCUT2D eigenvalue weighted by Crippen LogP contribution is 2.37. The van der Waals surface area contributed by atoms with E-state index in [9.17, 15) is 22.4 Å². The van der Waals surface area contributed by atoms with Crippen LogP contribution in [0.4, 0.5) is 17.6 Å². The number of halogens is 4. The Morgan fingerprint density at radius 2 is 1.90 bits per heavy atom. The Bertz CT molecular complexity index is 977. The van der Waals surface area contributed by atoms with Crippen LogP contribution in [0.3, 0.4) is 0 Å². The molecular weight excluding hydrogens is 410 g/mol. The van der Waals surface area contributed by atoms with Crippen molar-refractivity contribution < 1.29 is 22.4 Å². The summed E-state index contributed by atoms with van der Waals surface area (Å²) in [6, 6.07) is 9.94. The number of primary amides is 1. The van der Waals surface area contributed by atoms with E-state index in [2.05, 4.69) is 20.6 Å². The van der Waals surface area contributed by atoms with Gasteiger partial charge in [-0.05, 0) is 70.8 Å². The molecule has 0 spiro atoms. The number of carbonyl (C=O) groups excluding carboxylic acids is 1. The lowest BCUT2D eigenvalue weighted by Gasteiger charge is -2.17. The first-order valence-corrected chi connectivity index (χ1v) is 9.18. The molecule has 0 saturated carbocycles. The number of nitrogens with zero attached hydrogens (tertiary/aromatic N) is 3. The van der Waals surface area contributed by atoms with Gasteiger partial charge in [-0.25, -0.2) is 4.39 Å². The topological polar surface area (TPSA) is 97.5 Å². The number of rotatable bonds is 7. The van der Waals surface area contributed by atoms with Crippen molar-refractivity contribution in [1.29, 1.82) is 0 Å². The summed E-state index contributed by atoms with van der Waals surface area (Å²) >= 11 is -0.209.